The lowest BCUT2D eigenvalue weighted by atomic mass is 9.97. The minimum Gasteiger partial charge on any atom is -0.494 e. The number of halogens is 1. The smallest absolute Gasteiger partial charge is 0.119 e. The van der Waals surface area contributed by atoms with Crippen LogP contribution < -0.4 is 10.1 Å². The van der Waals surface area contributed by atoms with Crippen molar-refractivity contribution in [2.45, 2.75) is 19.3 Å². The molecule has 3 heteroatoms. The highest BCUT2D eigenvalue weighted by molar-refractivity contribution is 9.10. The summed E-state index contributed by atoms with van der Waals surface area (Å²) in [7, 11) is 0. The third-order valence-electron chi connectivity index (χ3n) is 3.97. The van der Waals surface area contributed by atoms with Crippen molar-refractivity contribution in [3.63, 3.8) is 0 Å². The van der Waals surface area contributed by atoms with Crippen molar-refractivity contribution in [1.29, 1.82) is 0 Å². The topological polar surface area (TPSA) is 21.3 Å². The Hall–Kier alpha value is -1.06. The summed E-state index contributed by atoms with van der Waals surface area (Å²) < 4.78 is 7.02. The molecule has 0 saturated carbocycles. The van der Waals surface area contributed by atoms with Gasteiger partial charge in [0.15, 0.2) is 0 Å². The van der Waals surface area contributed by atoms with Crippen LogP contribution in [0, 0.1) is 5.92 Å². The maximum absolute atomic E-state index is 5.91. The zero-order valence-corrected chi connectivity index (χ0v) is 13.2. The average Bonchev–Trinajstić information content (AvgIpc) is 2.48. The van der Waals surface area contributed by atoms with E-state index in [1.165, 1.54) is 30.2 Å². The quantitative estimate of drug-likeness (QED) is 0.896. The number of nitrogens with one attached hydrogen (secondary N) is 1. The molecule has 2 aromatic rings. The van der Waals surface area contributed by atoms with Gasteiger partial charge < -0.3 is 10.1 Å². The zero-order chi connectivity index (χ0) is 13.8. The first kappa shape index (κ1) is 13.9. The van der Waals surface area contributed by atoms with E-state index in [4.69, 9.17) is 4.74 Å². The molecule has 106 valence electrons. The van der Waals surface area contributed by atoms with Crippen LogP contribution in [-0.4, -0.2) is 19.7 Å². The van der Waals surface area contributed by atoms with Gasteiger partial charge in [-0.15, -0.1) is 0 Å². The second kappa shape index (κ2) is 6.59. The van der Waals surface area contributed by atoms with Gasteiger partial charge in [-0.1, -0.05) is 28.1 Å². The van der Waals surface area contributed by atoms with Crippen LogP contribution in [0.4, 0.5) is 0 Å². The molecule has 2 nitrogen and oxygen atoms in total. The molecular formula is C17H20BrNO. The Morgan fingerprint density at radius 1 is 1.15 bits per heavy atom. The fraction of sp³-hybridized carbons (Fsp3) is 0.412. The Morgan fingerprint density at radius 3 is 2.85 bits per heavy atom. The molecule has 20 heavy (non-hydrogen) atoms. The first-order valence-corrected chi connectivity index (χ1v) is 8.13. The van der Waals surface area contributed by atoms with Gasteiger partial charge in [-0.2, -0.15) is 0 Å². The zero-order valence-electron chi connectivity index (χ0n) is 11.6. The SMILES string of the molecule is Brc1ccc2cc(OCCC3CCCNC3)ccc2c1. The summed E-state index contributed by atoms with van der Waals surface area (Å²) in [5.41, 5.74) is 0. The van der Waals surface area contributed by atoms with Gasteiger partial charge in [-0.05, 0) is 73.3 Å². The molecule has 1 fully saturated rings. The molecule has 2 aromatic carbocycles. The van der Waals surface area contributed by atoms with Crippen molar-refractivity contribution in [3.8, 4) is 5.75 Å². The Balaban J connectivity index is 1.58. The molecule has 0 spiro atoms. The van der Waals surface area contributed by atoms with Crippen LogP contribution in [0.2, 0.25) is 0 Å². The molecule has 1 aliphatic heterocycles. The van der Waals surface area contributed by atoms with Gasteiger partial charge in [-0.3, -0.25) is 0 Å². The number of hydrogen-bond donors (Lipinski definition) is 1. The molecule has 1 unspecified atom stereocenters. The van der Waals surface area contributed by atoms with E-state index in [9.17, 15) is 0 Å². The van der Waals surface area contributed by atoms with Crippen molar-refractivity contribution >= 4 is 26.7 Å². The number of hydrogen-bond acceptors (Lipinski definition) is 2. The van der Waals surface area contributed by atoms with Crippen LogP contribution >= 0.6 is 15.9 Å². The van der Waals surface area contributed by atoms with E-state index in [0.717, 1.165) is 35.7 Å². The van der Waals surface area contributed by atoms with Crippen LogP contribution in [-0.2, 0) is 0 Å². The monoisotopic (exact) mass is 333 g/mol. The van der Waals surface area contributed by atoms with Gasteiger partial charge >= 0.3 is 0 Å². The van der Waals surface area contributed by atoms with Crippen molar-refractivity contribution < 1.29 is 4.74 Å². The third kappa shape index (κ3) is 3.53. The normalized spacial score (nSPS) is 19.1. The summed E-state index contributed by atoms with van der Waals surface area (Å²) in [4.78, 5) is 0. The van der Waals surface area contributed by atoms with Crippen molar-refractivity contribution in [2.75, 3.05) is 19.7 Å². The van der Waals surface area contributed by atoms with Crippen LogP contribution in [0.15, 0.2) is 40.9 Å². The van der Waals surface area contributed by atoms with E-state index in [1.807, 2.05) is 0 Å². The summed E-state index contributed by atoms with van der Waals surface area (Å²) in [6.07, 6.45) is 3.78. The summed E-state index contributed by atoms with van der Waals surface area (Å²) >= 11 is 3.50. The molecule has 0 aliphatic carbocycles. The number of rotatable bonds is 4. The summed E-state index contributed by atoms with van der Waals surface area (Å²) in [5, 5.41) is 5.92. The van der Waals surface area contributed by atoms with Gasteiger partial charge in [0.25, 0.3) is 0 Å². The minimum absolute atomic E-state index is 0.778. The molecule has 0 amide bonds. The molecule has 1 saturated heterocycles. The van der Waals surface area contributed by atoms with Crippen molar-refractivity contribution in [2.24, 2.45) is 5.92 Å². The predicted octanol–water partition coefficient (Wildman–Crippen LogP) is 4.37. The molecule has 0 aromatic heterocycles. The van der Waals surface area contributed by atoms with Crippen LogP contribution in [0.1, 0.15) is 19.3 Å². The fourth-order valence-electron chi connectivity index (χ4n) is 2.80. The second-order valence-electron chi connectivity index (χ2n) is 5.50. The van der Waals surface area contributed by atoms with E-state index in [2.05, 4.69) is 57.6 Å². The molecule has 3 rings (SSSR count). The van der Waals surface area contributed by atoms with E-state index in [1.54, 1.807) is 0 Å². The van der Waals surface area contributed by atoms with Crippen LogP contribution in [0.25, 0.3) is 10.8 Å². The van der Waals surface area contributed by atoms with Crippen molar-refractivity contribution in [3.05, 3.63) is 40.9 Å². The standard InChI is InChI=1S/C17H20BrNO/c18-16-5-3-15-11-17(6-4-14(15)10-16)20-9-7-13-2-1-8-19-12-13/h3-6,10-11,13,19H,1-2,7-9,12H2. The highest BCUT2D eigenvalue weighted by Crippen LogP contribution is 2.24. The van der Waals surface area contributed by atoms with E-state index in [-0.39, 0.29) is 0 Å². The number of fused-ring (bicyclic) bond motifs is 1. The highest BCUT2D eigenvalue weighted by atomic mass is 79.9. The first-order chi connectivity index (χ1) is 9.81. The molecule has 1 heterocycles. The molecule has 0 bridgehead atoms. The fourth-order valence-corrected chi connectivity index (χ4v) is 3.18. The molecular weight excluding hydrogens is 314 g/mol. The largest absolute Gasteiger partial charge is 0.494 e. The summed E-state index contributed by atoms with van der Waals surface area (Å²) in [6.45, 7) is 3.14. The molecule has 1 N–H and O–H groups in total. The second-order valence-corrected chi connectivity index (χ2v) is 6.42. The molecule has 0 radical (unpaired) electrons. The van der Waals surface area contributed by atoms with Gasteiger partial charge in [-0.25, -0.2) is 0 Å². The van der Waals surface area contributed by atoms with Crippen molar-refractivity contribution in [1.82, 2.24) is 5.32 Å². The van der Waals surface area contributed by atoms with E-state index >= 15 is 0 Å². The summed E-state index contributed by atoms with van der Waals surface area (Å²) in [5.74, 6) is 1.75. The van der Waals surface area contributed by atoms with Gasteiger partial charge in [0, 0.05) is 4.47 Å². The lowest BCUT2D eigenvalue weighted by Gasteiger charge is -2.22. The Bertz CT molecular complexity index is 578. The van der Waals surface area contributed by atoms with Gasteiger partial charge in [0.2, 0.25) is 0 Å². The summed E-state index contributed by atoms with van der Waals surface area (Å²) in [6, 6.07) is 12.6. The van der Waals surface area contributed by atoms with E-state index in [0.29, 0.717) is 0 Å². The maximum atomic E-state index is 5.91. The third-order valence-corrected chi connectivity index (χ3v) is 4.46. The number of piperidine rings is 1. The minimum atomic E-state index is 0.778. The van der Waals surface area contributed by atoms with Crippen LogP contribution in [0.5, 0.6) is 5.75 Å². The van der Waals surface area contributed by atoms with Gasteiger partial charge in [0.05, 0.1) is 6.61 Å². The lowest BCUT2D eigenvalue weighted by molar-refractivity contribution is 0.254. The Labute approximate surface area is 128 Å². The van der Waals surface area contributed by atoms with E-state index < -0.39 is 0 Å². The van der Waals surface area contributed by atoms with Gasteiger partial charge in [0.1, 0.15) is 5.75 Å². The molecule has 1 aliphatic rings. The van der Waals surface area contributed by atoms with Crippen LogP contribution in [0.3, 0.4) is 0 Å². The highest BCUT2D eigenvalue weighted by Gasteiger charge is 2.12. The lowest BCUT2D eigenvalue weighted by Crippen LogP contribution is -2.30. The molecule has 1 atom stereocenters. The number of benzene rings is 2. The number of ether oxygens (including phenoxy) is 1. The first-order valence-electron chi connectivity index (χ1n) is 7.34. The Kier molecular flexibility index (Phi) is 4.58. The predicted molar refractivity (Wildman–Crippen MR) is 87.4 cm³/mol. The average molecular weight is 334 g/mol. The Morgan fingerprint density at radius 2 is 2.00 bits per heavy atom. The maximum Gasteiger partial charge on any atom is 0.119 e.